The minimum absolute atomic E-state index is 0.445. The molecule has 0 saturated heterocycles. The van der Waals surface area contributed by atoms with Crippen LogP contribution in [0, 0.1) is 0 Å². The third kappa shape index (κ3) is 2.66. The van der Waals surface area contributed by atoms with Gasteiger partial charge >= 0.3 is 0 Å². The highest BCUT2D eigenvalue weighted by atomic mass is 19.3. The van der Waals surface area contributed by atoms with Gasteiger partial charge in [-0.15, -0.1) is 0 Å². The minimum Gasteiger partial charge on any atom is -0.350 e. The number of halogens is 2. The van der Waals surface area contributed by atoms with Gasteiger partial charge in [-0.3, -0.25) is 0 Å². The Labute approximate surface area is 81.1 Å². The summed E-state index contributed by atoms with van der Waals surface area (Å²) in [6.45, 7) is 1.46. The maximum Gasteiger partial charge on any atom is 0.277 e. The molecule has 1 rings (SSSR count). The van der Waals surface area contributed by atoms with Crippen LogP contribution in [-0.2, 0) is 6.54 Å². The van der Waals surface area contributed by atoms with Crippen molar-refractivity contribution in [2.24, 2.45) is 5.73 Å². The zero-order valence-electron chi connectivity index (χ0n) is 8.00. The first kappa shape index (κ1) is 10.9. The molecule has 0 radical (unpaired) electrons. The van der Waals surface area contributed by atoms with Gasteiger partial charge in [-0.25, -0.2) is 13.8 Å². The molecule has 0 spiro atoms. The first-order chi connectivity index (χ1) is 6.59. The zero-order chi connectivity index (χ0) is 10.6. The number of imidazole rings is 1. The molecule has 3 N–H and O–H groups in total. The molecule has 0 aliphatic heterocycles. The summed E-state index contributed by atoms with van der Waals surface area (Å²) in [6.07, 6.45) is 3.29. The van der Waals surface area contributed by atoms with Crippen LogP contribution in [0.15, 0.2) is 12.4 Å². The van der Waals surface area contributed by atoms with E-state index in [2.05, 4.69) is 10.3 Å². The van der Waals surface area contributed by atoms with Crippen LogP contribution in [0.4, 0.5) is 14.7 Å². The second-order valence-electron chi connectivity index (χ2n) is 2.95. The molecular formula is C8H14F2N4. The predicted octanol–water partition coefficient (Wildman–Crippen LogP) is 0.909. The van der Waals surface area contributed by atoms with E-state index in [1.807, 2.05) is 6.92 Å². The molecule has 0 unspecified atom stereocenters. The fraction of sp³-hybridized carbons (Fsp3) is 0.625. The average molecular weight is 204 g/mol. The Kier molecular flexibility index (Phi) is 3.40. The summed E-state index contributed by atoms with van der Waals surface area (Å²) in [4.78, 5) is 3.90. The first-order valence-electron chi connectivity index (χ1n) is 4.42. The van der Waals surface area contributed by atoms with Crippen molar-refractivity contribution in [3.63, 3.8) is 0 Å². The van der Waals surface area contributed by atoms with Crippen LogP contribution in [0.25, 0.3) is 0 Å². The number of alkyl halides is 2. The highest BCUT2D eigenvalue weighted by molar-refractivity contribution is 5.26. The van der Waals surface area contributed by atoms with Gasteiger partial charge in [0.05, 0.1) is 13.1 Å². The van der Waals surface area contributed by atoms with Crippen LogP contribution in [0.5, 0.6) is 0 Å². The Bertz CT molecular complexity index is 285. The predicted molar refractivity (Wildman–Crippen MR) is 50.4 cm³/mol. The topological polar surface area (TPSA) is 55.9 Å². The summed E-state index contributed by atoms with van der Waals surface area (Å²) in [5, 5.41) is 2.56. The number of nitrogens with zero attached hydrogens (tertiary/aromatic N) is 2. The van der Waals surface area contributed by atoms with Gasteiger partial charge in [0.1, 0.15) is 0 Å². The van der Waals surface area contributed by atoms with Gasteiger partial charge in [-0.05, 0) is 6.92 Å². The summed E-state index contributed by atoms with van der Waals surface area (Å²) in [5.41, 5.74) is 4.90. The van der Waals surface area contributed by atoms with Crippen molar-refractivity contribution in [3.05, 3.63) is 12.4 Å². The first-order valence-corrected chi connectivity index (χ1v) is 4.42. The van der Waals surface area contributed by atoms with Crippen molar-refractivity contribution in [1.82, 2.24) is 9.55 Å². The van der Waals surface area contributed by atoms with Crippen molar-refractivity contribution >= 4 is 5.95 Å². The van der Waals surface area contributed by atoms with Crippen molar-refractivity contribution in [2.45, 2.75) is 19.4 Å². The van der Waals surface area contributed by atoms with E-state index in [9.17, 15) is 8.78 Å². The number of aromatic nitrogens is 2. The molecule has 0 atom stereocenters. The molecule has 1 heterocycles. The summed E-state index contributed by atoms with van der Waals surface area (Å²) in [7, 11) is 0. The molecular weight excluding hydrogens is 190 g/mol. The van der Waals surface area contributed by atoms with E-state index in [4.69, 9.17) is 5.73 Å². The summed E-state index contributed by atoms with van der Waals surface area (Å²) in [5.74, 6) is -2.44. The van der Waals surface area contributed by atoms with E-state index in [1.165, 1.54) is 0 Å². The number of anilines is 1. The second-order valence-corrected chi connectivity index (χ2v) is 2.95. The highest BCUT2D eigenvalue weighted by Gasteiger charge is 2.26. The Balaban J connectivity index is 2.53. The van der Waals surface area contributed by atoms with Gasteiger partial charge in [0, 0.05) is 18.9 Å². The van der Waals surface area contributed by atoms with E-state index >= 15 is 0 Å². The molecule has 0 amide bonds. The normalized spacial score (nSPS) is 11.7. The zero-order valence-corrected chi connectivity index (χ0v) is 8.00. The molecule has 0 aliphatic rings. The summed E-state index contributed by atoms with van der Waals surface area (Å²) in [6, 6.07) is 0. The van der Waals surface area contributed by atoms with Crippen LogP contribution < -0.4 is 11.1 Å². The van der Waals surface area contributed by atoms with Gasteiger partial charge < -0.3 is 15.6 Å². The molecule has 0 saturated carbocycles. The molecule has 0 bridgehead atoms. The van der Waals surface area contributed by atoms with Crippen molar-refractivity contribution in [2.75, 3.05) is 18.4 Å². The maximum absolute atomic E-state index is 12.8. The molecule has 1 aromatic rings. The third-order valence-electron chi connectivity index (χ3n) is 1.86. The van der Waals surface area contributed by atoms with Gasteiger partial charge in [0.25, 0.3) is 5.92 Å². The number of nitrogens with two attached hydrogens (primary N) is 1. The Morgan fingerprint density at radius 1 is 1.64 bits per heavy atom. The SMILES string of the molecule is CCn1ccnc1NCC(F)(F)CN. The number of aryl methyl sites for hydroxylation is 1. The summed E-state index contributed by atoms with van der Waals surface area (Å²) < 4.78 is 27.3. The molecule has 14 heavy (non-hydrogen) atoms. The van der Waals surface area contributed by atoms with E-state index < -0.39 is 19.0 Å². The van der Waals surface area contributed by atoms with Crippen LogP contribution in [-0.4, -0.2) is 28.6 Å². The lowest BCUT2D eigenvalue weighted by Crippen LogP contribution is -2.35. The van der Waals surface area contributed by atoms with E-state index in [0.717, 1.165) is 0 Å². The monoisotopic (exact) mass is 204 g/mol. The lowest BCUT2D eigenvalue weighted by molar-refractivity contribution is 0.0251. The van der Waals surface area contributed by atoms with Crippen molar-refractivity contribution in [1.29, 1.82) is 0 Å². The van der Waals surface area contributed by atoms with Gasteiger partial charge in [0.15, 0.2) is 0 Å². The Morgan fingerprint density at radius 2 is 2.36 bits per heavy atom. The van der Waals surface area contributed by atoms with E-state index in [0.29, 0.717) is 12.5 Å². The molecule has 6 heteroatoms. The molecule has 0 aliphatic carbocycles. The molecule has 0 fully saturated rings. The lowest BCUT2D eigenvalue weighted by Gasteiger charge is -2.15. The average Bonchev–Trinajstić information content (AvgIpc) is 2.62. The Morgan fingerprint density at radius 3 is 2.93 bits per heavy atom. The van der Waals surface area contributed by atoms with Crippen LogP contribution in [0.3, 0.4) is 0 Å². The van der Waals surface area contributed by atoms with Crippen LogP contribution >= 0.6 is 0 Å². The van der Waals surface area contributed by atoms with Crippen molar-refractivity contribution < 1.29 is 8.78 Å². The fourth-order valence-electron chi connectivity index (χ4n) is 1.01. The lowest BCUT2D eigenvalue weighted by atomic mass is 10.3. The van der Waals surface area contributed by atoms with E-state index in [-0.39, 0.29) is 0 Å². The highest BCUT2D eigenvalue weighted by Crippen LogP contribution is 2.12. The summed E-state index contributed by atoms with van der Waals surface area (Å²) >= 11 is 0. The fourth-order valence-corrected chi connectivity index (χ4v) is 1.01. The minimum atomic E-state index is -2.88. The van der Waals surface area contributed by atoms with Crippen LogP contribution in [0.1, 0.15) is 6.92 Å². The van der Waals surface area contributed by atoms with Gasteiger partial charge in [-0.1, -0.05) is 0 Å². The van der Waals surface area contributed by atoms with Gasteiger partial charge in [0.2, 0.25) is 5.95 Å². The molecule has 4 nitrogen and oxygen atoms in total. The number of nitrogens with one attached hydrogen (secondary N) is 1. The smallest absolute Gasteiger partial charge is 0.277 e. The number of hydrogen-bond donors (Lipinski definition) is 2. The Hall–Kier alpha value is -1.17. The van der Waals surface area contributed by atoms with Crippen molar-refractivity contribution in [3.8, 4) is 0 Å². The molecule has 80 valence electrons. The third-order valence-corrected chi connectivity index (χ3v) is 1.86. The largest absolute Gasteiger partial charge is 0.350 e. The molecule has 0 aromatic carbocycles. The van der Waals surface area contributed by atoms with E-state index in [1.54, 1.807) is 17.0 Å². The maximum atomic E-state index is 12.8. The van der Waals surface area contributed by atoms with Crippen LogP contribution in [0.2, 0.25) is 0 Å². The van der Waals surface area contributed by atoms with Gasteiger partial charge in [-0.2, -0.15) is 0 Å². The second kappa shape index (κ2) is 4.36. The number of hydrogen-bond acceptors (Lipinski definition) is 3. The standard InChI is InChI=1S/C8H14F2N4/c1-2-14-4-3-12-7(14)13-6-8(9,10)5-11/h3-4H,2,5-6,11H2,1H3,(H,12,13). The quantitative estimate of drug-likeness (QED) is 0.749. The molecule has 1 aromatic heterocycles. The number of rotatable bonds is 5.